The monoisotopic (exact) mass is 479 g/mol. The second kappa shape index (κ2) is 12.0. The van der Waals surface area contributed by atoms with Crippen LogP contribution in [0.2, 0.25) is 0 Å². The predicted octanol–water partition coefficient (Wildman–Crippen LogP) is 5.29. The number of benzene rings is 4. The van der Waals surface area contributed by atoms with Crippen molar-refractivity contribution in [2.45, 2.75) is 6.61 Å². The Bertz CT molecular complexity index is 1350. The van der Waals surface area contributed by atoms with Gasteiger partial charge in [0.1, 0.15) is 18.1 Å². The number of carbonyl (C=O) groups is 2. The fraction of sp³-hybridized carbons (Fsp3) is 0.0690. The van der Waals surface area contributed by atoms with Gasteiger partial charge in [-0.2, -0.15) is 5.10 Å². The first-order valence-electron chi connectivity index (χ1n) is 11.3. The highest BCUT2D eigenvalue weighted by molar-refractivity contribution is 6.09. The third-order valence-electron chi connectivity index (χ3n) is 5.30. The summed E-state index contributed by atoms with van der Waals surface area (Å²) in [6, 6.07) is 30.7. The van der Waals surface area contributed by atoms with Gasteiger partial charge in [0.25, 0.3) is 11.8 Å². The molecule has 36 heavy (non-hydrogen) atoms. The van der Waals surface area contributed by atoms with Crippen molar-refractivity contribution in [3.63, 3.8) is 0 Å². The number of anilines is 1. The zero-order chi connectivity index (χ0) is 25.2. The summed E-state index contributed by atoms with van der Waals surface area (Å²) in [7, 11) is 1.56. The maximum absolute atomic E-state index is 12.8. The summed E-state index contributed by atoms with van der Waals surface area (Å²) in [5.41, 5.74) is 5.38. The standard InChI is InChI=1S/C29H25N3O4/c1-35-24-17-15-22(16-18-24)28(33)31-26-13-7-6-12-25(26)29(34)32-30-19-23-11-5-8-14-27(23)36-20-21-9-3-2-4-10-21/h2-19H,20H2,1H3,(H,31,33)(H,32,34)/b30-19+. The van der Waals surface area contributed by atoms with E-state index < -0.39 is 5.91 Å². The second-order valence-electron chi connectivity index (χ2n) is 7.74. The number of rotatable bonds is 9. The minimum absolute atomic E-state index is 0.283. The Balaban J connectivity index is 1.41. The number of para-hydroxylation sites is 2. The van der Waals surface area contributed by atoms with Crippen LogP contribution in [0.1, 0.15) is 31.8 Å². The molecule has 2 N–H and O–H groups in total. The van der Waals surface area contributed by atoms with Gasteiger partial charge in [-0.15, -0.1) is 0 Å². The number of carbonyl (C=O) groups excluding carboxylic acids is 2. The smallest absolute Gasteiger partial charge is 0.273 e. The summed E-state index contributed by atoms with van der Waals surface area (Å²) >= 11 is 0. The lowest BCUT2D eigenvalue weighted by Crippen LogP contribution is -2.21. The Labute approximate surface area is 209 Å². The fourth-order valence-corrected chi connectivity index (χ4v) is 3.40. The van der Waals surface area contributed by atoms with Crippen LogP contribution in [0.5, 0.6) is 11.5 Å². The first-order chi connectivity index (χ1) is 17.6. The number of ether oxygens (including phenoxy) is 2. The van der Waals surface area contributed by atoms with Crippen LogP contribution in [0.25, 0.3) is 0 Å². The van der Waals surface area contributed by atoms with Gasteiger partial charge in [0.05, 0.1) is 24.6 Å². The van der Waals surface area contributed by atoms with E-state index in [1.807, 2.05) is 54.6 Å². The summed E-state index contributed by atoms with van der Waals surface area (Å²) < 4.78 is 11.0. The number of hydrazone groups is 1. The topological polar surface area (TPSA) is 89.0 Å². The normalized spacial score (nSPS) is 10.6. The highest BCUT2D eigenvalue weighted by atomic mass is 16.5. The van der Waals surface area contributed by atoms with Crippen LogP contribution in [0.3, 0.4) is 0 Å². The van der Waals surface area contributed by atoms with Crippen molar-refractivity contribution in [1.82, 2.24) is 5.43 Å². The molecule has 0 saturated carbocycles. The van der Waals surface area contributed by atoms with Gasteiger partial charge in [0, 0.05) is 11.1 Å². The van der Waals surface area contributed by atoms with Gasteiger partial charge < -0.3 is 14.8 Å². The summed E-state index contributed by atoms with van der Waals surface area (Å²) in [6.07, 6.45) is 1.52. The molecule has 4 aromatic rings. The van der Waals surface area contributed by atoms with Gasteiger partial charge in [-0.1, -0.05) is 54.6 Å². The molecule has 7 nitrogen and oxygen atoms in total. The number of nitrogens with one attached hydrogen (secondary N) is 2. The Kier molecular flexibility index (Phi) is 8.07. The molecule has 0 atom stereocenters. The molecule has 0 bridgehead atoms. The van der Waals surface area contributed by atoms with Crippen LogP contribution in [0, 0.1) is 0 Å². The molecule has 0 aliphatic carbocycles. The predicted molar refractivity (Wildman–Crippen MR) is 140 cm³/mol. The minimum Gasteiger partial charge on any atom is -0.497 e. The molecular weight excluding hydrogens is 454 g/mol. The molecule has 2 amide bonds. The van der Waals surface area contributed by atoms with E-state index in [0.717, 1.165) is 11.1 Å². The van der Waals surface area contributed by atoms with Gasteiger partial charge in [0.2, 0.25) is 0 Å². The molecule has 0 aromatic heterocycles. The van der Waals surface area contributed by atoms with E-state index in [2.05, 4.69) is 15.8 Å². The van der Waals surface area contributed by atoms with Crippen molar-refractivity contribution < 1.29 is 19.1 Å². The highest BCUT2D eigenvalue weighted by Crippen LogP contribution is 2.19. The van der Waals surface area contributed by atoms with E-state index in [1.54, 1.807) is 55.6 Å². The van der Waals surface area contributed by atoms with Gasteiger partial charge in [-0.25, -0.2) is 5.43 Å². The Morgan fingerprint density at radius 2 is 1.50 bits per heavy atom. The maximum atomic E-state index is 12.8. The molecule has 0 fully saturated rings. The Morgan fingerprint density at radius 3 is 2.28 bits per heavy atom. The molecule has 0 radical (unpaired) electrons. The van der Waals surface area contributed by atoms with Crippen molar-refractivity contribution in [3.05, 3.63) is 125 Å². The largest absolute Gasteiger partial charge is 0.497 e. The van der Waals surface area contributed by atoms with Crippen LogP contribution in [-0.4, -0.2) is 25.1 Å². The first kappa shape index (κ1) is 24.2. The van der Waals surface area contributed by atoms with E-state index in [0.29, 0.717) is 29.4 Å². The van der Waals surface area contributed by atoms with E-state index in [1.165, 1.54) is 6.21 Å². The first-order valence-corrected chi connectivity index (χ1v) is 11.3. The Hall–Kier alpha value is -4.91. The molecule has 0 aliphatic heterocycles. The third-order valence-corrected chi connectivity index (χ3v) is 5.30. The van der Waals surface area contributed by atoms with Crippen molar-refractivity contribution >= 4 is 23.7 Å². The SMILES string of the molecule is COc1ccc(C(=O)Nc2ccccc2C(=O)N/N=C/c2ccccc2OCc2ccccc2)cc1. The van der Waals surface area contributed by atoms with Crippen molar-refractivity contribution in [1.29, 1.82) is 0 Å². The second-order valence-corrected chi connectivity index (χ2v) is 7.74. The van der Waals surface area contributed by atoms with Crippen LogP contribution in [-0.2, 0) is 6.61 Å². The van der Waals surface area contributed by atoms with Gasteiger partial charge in [0.15, 0.2) is 0 Å². The summed E-state index contributed by atoms with van der Waals surface area (Å²) in [5, 5.41) is 6.88. The molecule has 0 aliphatic rings. The lowest BCUT2D eigenvalue weighted by molar-refractivity contribution is 0.0956. The number of hydrogen-bond donors (Lipinski definition) is 2. The van der Waals surface area contributed by atoms with E-state index >= 15 is 0 Å². The highest BCUT2D eigenvalue weighted by Gasteiger charge is 2.14. The van der Waals surface area contributed by atoms with E-state index in [9.17, 15) is 9.59 Å². The van der Waals surface area contributed by atoms with Crippen molar-refractivity contribution in [2.24, 2.45) is 5.10 Å². The van der Waals surface area contributed by atoms with Crippen molar-refractivity contribution in [3.8, 4) is 11.5 Å². The van der Waals surface area contributed by atoms with E-state index in [-0.39, 0.29) is 11.5 Å². The third kappa shape index (κ3) is 6.36. The summed E-state index contributed by atoms with van der Waals surface area (Å²) in [6.45, 7) is 0.416. The van der Waals surface area contributed by atoms with Crippen LogP contribution in [0.4, 0.5) is 5.69 Å². The van der Waals surface area contributed by atoms with Crippen LogP contribution < -0.4 is 20.2 Å². The lowest BCUT2D eigenvalue weighted by atomic mass is 10.1. The fourth-order valence-electron chi connectivity index (χ4n) is 3.40. The van der Waals surface area contributed by atoms with Crippen LogP contribution in [0.15, 0.2) is 108 Å². The molecule has 7 heteroatoms. The number of hydrogen-bond acceptors (Lipinski definition) is 5. The summed E-state index contributed by atoms with van der Waals surface area (Å²) in [4.78, 5) is 25.5. The van der Waals surface area contributed by atoms with Gasteiger partial charge in [-0.05, 0) is 54.1 Å². The number of amides is 2. The molecule has 0 spiro atoms. The Morgan fingerprint density at radius 1 is 0.806 bits per heavy atom. The average Bonchev–Trinajstić information content (AvgIpc) is 2.93. The van der Waals surface area contributed by atoms with Gasteiger partial charge >= 0.3 is 0 Å². The summed E-state index contributed by atoms with van der Waals surface area (Å²) in [5.74, 6) is 0.494. The number of nitrogens with zero attached hydrogens (tertiary/aromatic N) is 1. The molecule has 0 unspecified atom stereocenters. The molecule has 0 saturated heterocycles. The van der Waals surface area contributed by atoms with Crippen LogP contribution >= 0.6 is 0 Å². The lowest BCUT2D eigenvalue weighted by Gasteiger charge is -2.11. The number of methoxy groups -OCH3 is 1. The maximum Gasteiger partial charge on any atom is 0.273 e. The molecule has 0 heterocycles. The van der Waals surface area contributed by atoms with E-state index in [4.69, 9.17) is 9.47 Å². The molecular formula is C29H25N3O4. The van der Waals surface area contributed by atoms with Gasteiger partial charge in [-0.3, -0.25) is 9.59 Å². The average molecular weight is 480 g/mol. The molecule has 4 aromatic carbocycles. The molecule has 4 rings (SSSR count). The zero-order valence-electron chi connectivity index (χ0n) is 19.7. The zero-order valence-corrected chi connectivity index (χ0v) is 19.7. The van der Waals surface area contributed by atoms with Crippen molar-refractivity contribution in [2.75, 3.05) is 12.4 Å². The molecule has 180 valence electrons. The minimum atomic E-state index is -0.459. The quantitative estimate of drug-likeness (QED) is 0.252.